The molecule has 1 unspecified atom stereocenters. The smallest absolute Gasteiger partial charge is 0.255 e. The fourth-order valence-electron chi connectivity index (χ4n) is 1.81. The lowest BCUT2D eigenvalue weighted by Crippen LogP contribution is -2.27. The molecule has 0 radical (unpaired) electrons. The molecule has 2 aromatic carbocycles. The standard InChI is InChI=1S/C15H13BrFNO/c1-10(11-6-3-2-4-7-11)18-15(19)14-12(16)8-5-9-13(14)17/h2-10H,1H3,(H,18,19). The lowest BCUT2D eigenvalue weighted by Gasteiger charge is -2.15. The number of benzene rings is 2. The summed E-state index contributed by atoms with van der Waals surface area (Å²) in [6.07, 6.45) is 0. The van der Waals surface area contributed by atoms with Gasteiger partial charge < -0.3 is 5.32 Å². The van der Waals surface area contributed by atoms with Gasteiger partial charge in [0.05, 0.1) is 11.6 Å². The van der Waals surface area contributed by atoms with Crippen LogP contribution in [-0.4, -0.2) is 5.91 Å². The molecule has 0 spiro atoms. The molecule has 0 aromatic heterocycles. The van der Waals surface area contributed by atoms with Crippen molar-refractivity contribution in [1.82, 2.24) is 5.32 Å². The van der Waals surface area contributed by atoms with Gasteiger partial charge in [-0.1, -0.05) is 36.4 Å². The fourth-order valence-corrected chi connectivity index (χ4v) is 2.33. The van der Waals surface area contributed by atoms with Crippen LogP contribution < -0.4 is 5.32 Å². The van der Waals surface area contributed by atoms with E-state index in [1.807, 2.05) is 37.3 Å². The molecule has 0 bridgehead atoms. The van der Waals surface area contributed by atoms with Gasteiger partial charge in [-0.3, -0.25) is 4.79 Å². The minimum atomic E-state index is -0.535. The number of carbonyl (C=O) groups is 1. The highest BCUT2D eigenvalue weighted by Gasteiger charge is 2.17. The third-order valence-corrected chi connectivity index (χ3v) is 3.50. The summed E-state index contributed by atoms with van der Waals surface area (Å²) >= 11 is 3.19. The number of rotatable bonds is 3. The number of hydrogen-bond donors (Lipinski definition) is 1. The number of carbonyl (C=O) groups excluding carboxylic acids is 1. The summed E-state index contributed by atoms with van der Waals surface area (Å²) in [5.41, 5.74) is 1.01. The molecule has 4 heteroatoms. The quantitative estimate of drug-likeness (QED) is 0.906. The Morgan fingerprint density at radius 1 is 1.16 bits per heavy atom. The van der Waals surface area contributed by atoms with E-state index in [0.29, 0.717) is 4.47 Å². The van der Waals surface area contributed by atoms with Crippen molar-refractivity contribution in [2.24, 2.45) is 0 Å². The first kappa shape index (κ1) is 13.7. The van der Waals surface area contributed by atoms with Gasteiger partial charge in [-0.25, -0.2) is 4.39 Å². The summed E-state index contributed by atoms with van der Waals surface area (Å²) in [6.45, 7) is 1.86. The zero-order valence-corrected chi connectivity index (χ0v) is 11.9. The monoisotopic (exact) mass is 321 g/mol. The largest absolute Gasteiger partial charge is 0.345 e. The van der Waals surface area contributed by atoms with Crippen molar-refractivity contribution in [3.63, 3.8) is 0 Å². The summed E-state index contributed by atoms with van der Waals surface area (Å²) in [4.78, 5) is 12.1. The van der Waals surface area contributed by atoms with Crippen LogP contribution in [0.15, 0.2) is 53.0 Å². The maximum atomic E-state index is 13.7. The summed E-state index contributed by atoms with van der Waals surface area (Å²) in [6, 6.07) is 13.8. The van der Waals surface area contributed by atoms with E-state index in [1.54, 1.807) is 12.1 Å². The third kappa shape index (κ3) is 3.20. The lowest BCUT2D eigenvalue weighted by atomic mass is 10.1. The zero-order valence-electron chi connectivity index (χ0n) is 10.4. The molecule has 0 aliphatic heterocycles. The van der Waals surface area contributed by atoms with E-state index in [1.165, 1.54) is 6.07 Å². The second kappa shape index (κ2) is 5.97. The molecule has 1 atom stereocenters. The maximum absolute atomic E-state index is 13.7. The normalized spacial score (nSPS) is 11.9. The molecule has 0 aliphatic rings. The third-order valence-electron chi connectivity index (χ3n) is 2.84. The molecule has 2 rings (SSSR count). The van der Waals surface area contributed by atoms with E-state index in [4.69, 9.17) is 0 Å². The van der Waals surface area contributed by atoms with Gasteiger partial charge in [-0.15, -0.1) is 0 Å². The average molecular weight is 322 g/mol. The first-order chi connectivity index (χ1) is 9.09. The molecule has 1 N–H and O–H groups in total. The SMILES string of the molecule is CC(NC(=O)c1c(F)cccc1Br)c1ccccc1. The Kier molecular flexibility index (Phi) is 4.32. The van der Waals surface area contributed by atoms with Gasteiger partial charge in [-0.05, 0) is 40.5 Å². The predicted molar refractivity (Wildman–Crippen MR) is 76.4 cm³/mol. The Bertz CT molecular complexity index is 566. The second-order valence-corrected chi connectivity index (χ2v) is 5.06. The van der Waals surface area contributed by atoms with E-state index in [0.717, 1.165) is 5.56 Å². The molecule has 0 fully saturated rings. The van der Waals surface area contributed by atoms with Crippen LogP contribution >= 0.6 is 15.9 Å². The molecule has 0 saturated carbocycles. The molecule has 1 amide bonds. The van der Waals surface area contributed by atoms with Crippen molar-refractivity contribution in [2.45, 2.75) is 13.0 Å². The lowest BCUT2D eigenvalue weighted by molar-refractivity contribution is 0.0935. The van der Waals surface area contributed by atoms with Crippen molar-refractivity contribution in [1.29, 1.82) is 0 Å². The zero-order chi connectivity index (χ0) is 13.8. The Morgan fingerprint density at radius 3 is 2.47 bits per heavy atom. The molecular weight excluding hydrogens is 309 g/mol. The molecule has 19 heavy (non-hydrogen) atoms. The average Bonchev–Trinajstić information content (AvgIpc) is 2.39. The second-order valence-electron chi connectivity index (χ2n) is 4.20. The molecule has 0 heterocycles. The highest BCUT2D eigenvalue weighted by atomic mass is 79.9. The number of hydrogen-bond acceptors (Lipinski definition) is 1. The van der Waals surface area contributed by atoms with Crippen LogP contribution in [0.3, 0.4) is 0 Å². The van der Waals surface area contributed by atoms with Crippen LogP contribution in [-0.2, 0) is 0 Å². The predicted octanol–water partition coefficient (Wildman–Crippen LogP) is 4.08. The van der Waals surface area contributed by atoms with Crippen molar-refractivity contribution in [3.8, 4) is 0 Å². The number of halogens is 2. The molecule has 0 aliphatic carbocycles. The highest BCUT2D eigenvalue weighted by Crippen LogP contribution is 2.21. The summed E-state index contributed by atoms with van der Waals surface area (Å²) < 4.78 is 14.1. The van der Waals surface area contributed by atoms with Crippen LogP contribution in [0.1, 0.15) is 28.9 Å². The summed E-state index contributed by atoms with van der Waals surface area (Å²) in [7, 11) is 0. The topological polar surface area (TPSA) is 29.1 Å². The van der Waals surface area contributed by atoms with E-state index < -0.39 is 11.7 Å². The highest BCUT2D eigenvalue weighted by molar-refractivity contribution is 9.10. The summed E-state index contributed by atoms with van der Waals surface area (Å²) in [5.74, 6) is -0.964. The van der Waals surface area contributed by atoms with E-state index in [-0.39, 0.29) is 11.6 Å². The van der Waals surface area contributed by atoms with Crippen LogP contribution in [0.25, 0.3) is 0 Å². The summed E-state index contributed by atoms with van der Waals surface area (Å²) in [5, 5.41) is 2.79. The van der Waals surface area contributed by atoms with Gasteiger partial charge in [0.15, 0.2) is 0 Å². The van der Waals surface area contributed by atoms with Crippen molar-refractivity contribution in [3.05, 3.63) is 69.9 Å². The van der Waals surface area contributed by atoms with Crippen LogP contribution in [0.2, 0.25) is 0 Å². The molecule has 2 aromatic rings. The van der Waals surface area contributed by atoms with E-state index >= 15 is 0 Å². The maximum Gasteiger partial charge on any atom is 0.255 e. The van der Waals surface area contributed by atoms with Crippen LogP contribution in [0, 0.1) is 5.82 Å². The molecular formula is C15H13BrFNO. The van der Waals surface area contributed by atoms with Gasteiger partial charge in [0, 0.05) is 4.47 Å². The first-order valence-corrected chi connectivity index (χ1v) is 6.68. The van der Waals surface area contributed by atoms with Crippen molar-refractivity contribution in [2.75, 3.05) is 0 Å². The molecule has 0 saturated heterocycles. The van der Waals surface area contributed by atoms with Gasteiger partial charge in [0.2, 0.25) is 0 Å². The number of amides is 1. The van der Waals surface area contributed by atoms with Gasteiger partial charge in [0.25, 0.3) is 5.91 Å². The Hall–Kier alpha value is -1.68. The van der Waals surface area contributed by atoms with Gasteiger partial charge in [-0.2, -0.15) is 0 Å². The van der Waals surface area contributed by atoms with E-state index in [9.17, 15) is 9.18 Å². The van der Waals surface area contributed by atoms with Crippen molar-refractivity contribution >= 4 is 21.8 Å². The molecule has 98 valence electrons. The minimum Gasteiger partial charge on any atom is -0.345 e. The Labute approximate surface area is 119 Å². The Balaban J connectivity index is 2.18. The minimum absolute atomic E-state index is 0.0327. The van der Waals surface area contributed by atoms with Crippen molar-refractivity contribution < 1.29 is 9.18 Å². The van der Waals surface area contributed by atoms with Crippen LogP contribution in [0.5, 0.6) is 0 Å². The molecule has 2 nitrogen and oxygen atoms in total. The van der Waals surface area contributed by atoms with Gasteiger partial charge >= 0.3 is 0 Å². The Morgan fingerprint density at radius 2 is 1.84 bits per heavy atom. The van der Waals surface area contributed by atoms with E-state index in [2.05, 4.69) is 21.2 Å². The van der Waals surface area contributed by atoms with Gasteiger partial charge in [0.1, 0.15) is 5.82 Å². The fraction of sp³-hybridized carbons (Fsp3) is 0.133. The van der Waals surface area contributed by atoms with Crippen LogP contribution in [0.4, 0.5) is 4.39 Å². The first-order valence-electron chi connectivity index (χ1n) is 5.89. The number of nitrogens with one attached hydrogen (secondary N) is 1.